The number of hydrogen-bond donors (Lipinski definition) is 1. The molecule has 2 aromatic rings. The summed E-state index contributed by atoms with van der Waals surface area (Å²) in [6, 6.07) is -0.451. The molecule has 1 aliphatic rings. The number of halogens is 1. The average molecular weight is 400 g/mol. The van der Waals surface area contributed by atoms with Crippen molar-refractivity contribution in [3.8, 4) is 0 Å². The molecule has 1 aliphatic heterocycles. The molecule has 10 heteroatoms. The van der Waals surface area contributed by atoms with Crippen molar-refractivity contribution in [3.05, 3.63) is 21.2 Å². The Balaban J connectivity index is 1.99. The Labute approximate surface area is 158 Å². The number of carbonyl (C=O) groups is 2. The number of aryl methyl sites for hydroxylation is 1. The highest BCUT2D eigenvalue weighted by molar-refractivity contribution is 7.22. The standard InChI is InChI=1S/C16H18ClN3O5S/c1-3-24-10(21)7-20-14(22)11-8-5-6-9(15(23)25-4-2)18-12(8)26-13(11)19-16(20)17/h9,18H,3-7H2,1-2H3. The van der Waals surface area contributed by atoms with Crippen LogP contribution in [0.3, 0.4) is 0 Å². The van der Waals surface area contributed by atoms with Gasteiger partial charge in [0.05, 0.1) is 23.6 Å². The fourth-order valence-corrected chi connectivity index (χ4v) is 4.32. The van der Waals surface area contributed by atoms with Crippen LogP contribution in [-0.4, -0.2) is 40.7 Å². The van der Waals surface area contributed by atoms with Gasteiger partial charge < -0.3 is 14.8 Å². The summed E-state index contributed by atoms with van der Waals surface area (Å²) >= 11 is 7.35. The van der Waals surface area contributed by atoms with Gasteiger partial charge in [-0.3, -0.25) is 14.2 Å². The van der Waals surface area contributed by atoms with Gasteiger partial charge in [0.25, 0.3) is 5.56 Å². The van der Waals surface area contributed by atoms with E-state index in [9.17, 15) is 14.4 Å². The van der Waals surface area contributed by atoms with E-state index in [-0.39, 0.29) is 30.0 Å². The Kier molecular flexibility index (Phi) is 5.47. The van der Waals surface area contributed by atoms with Gasteiger partial charge in [-0.1, -0.05) is 11.3 Å². The highest BCUT2D eigenvalue weighted by Gasteiger charge is 2.30. The van der Waals surface area contributed by atoms with Gasteiger partial charge in [-0.05, 0) is 38.3 Å². The van der Waals surface area contributed by atoms with Crippen LogP contribution in [0.1, 0.15) is 25.8 Å². The predicted octanol–water partition coefficient (Wildman–Crippen LogP) is 1.96. The van der Waals surface area contributed by atoms with E-state index in [1.54, 1.807) is 13.8 Å². The fraction of sp³-hybridized carbons (Fsp3) is 0.500. The Morgan fingerprint density at radius 3 is 2.77 bits per heavy atom. The molecule has 3 rings (SSSR count). The minimum absolute atomic E-state index is 0.0731. The van der Waals surface area contributed by atoms with E-state index in [0.29, 0.717) is 34.7 Å². The van der Waals surface area contributed by atoms with Crippen molar-refractivity contribution in [1.29, 1.82) is 0 Å². The van der Waals surface area contributed by atoms with E-state index >= 15 is 0 Å². The molecule has 0 aliphatic carbocycles. The second-order valence-corrected chi connectivity index (χ2v) is 6.99. The molecular weight excluding hydrogens is 382 g/mol. The zero-order valence-electron chi connectivity index (χ0n) is 14.3. The van der Waals surface area contributed by atoms with E-state index < -0.39 is 12.0 Å². The summed E-state index contributed by atoms with van der Waals surface area (Å²) < 4.78 is 11.0. The third kappa shape index (κ3) is 3.41. The molecule has 140 valence electrons. The number of aromatic nitrogens is 2. The first kappa shape index (κ1) is 18.7. The first-order valence-corrected chi connectivity index (χ1v) is 9.46. The summed E-state index contributed by atoms with van der Waals surface area (Å²) in [6.45, 7) is 3.67. The van der Waals surface area contributed by atoms with Crippen molar-refractivity contribution in [2.75, 3.05) is 18.5 Å². The van der Waals surface area contributed by atoms with Crippen LogP contribution in [-0.2, 0) is 32.0 Å². The van der Waals surface area contributed by atoms with Crippen molar-refractivity contribution < 1.29 is 19.1 Å². The maximum absolute atomic E-state index is 12.9. The Hall–Kier alpha value is -2.13. The zero-order chi connectivity index (χ0) is 18.8. The highest BCUT2D eigenvalue weighted by atomic mass is 35.5. The molecular formula is C16H18ClN3O5S. The van der Waals surface area contributed by atoms with Gasteiger partial charge in [-0.25, -0.2) is 9.78 Å². The lowest BCUT2D eigenvalue weighted by atomic mass is 10.0. The topological polar surface area (TPSA) is 99.5 Å². The molecule has 0 aromatic carbocycles. The van der Waals surface area contributed by atoms with Crippen molar-refractivity contribution in [2.24, 2.45) is 0 Å². The van der Waals surface area contributed by atoms with Crippen LogP contribution in [0.5, 0.6) is 0 Å². The number of anilines is 1. The molecule has 0 bridgehead atoms. The monoisotopic (exact) mass is 399 g/mol. The van der Waals surface area contributed by atoms with Crippen LogP contribution >= 0.6 is 22.9 Å². The largest absolute Gasteiger partial charge is 0.465 e. The van der Waals surface area contributed by atoms with Crippen LogP contribution in [0.4, 0.5) is 5.00 Å². The smallest absolute Gasteiger partial charge is 0.328 e. The maximum Gasteiger partial charge on any atom is 0.328 e. The van der Waals surface area contributed by atoms with Crippen molar-refractivity contribution in [2.45, 2.75) is 39.3 Å². The summed E-state index contributed by atoms with van der Waals surface area (Å²) in [5.74, 6) is -0.872. The number of esters is 2. The van der Waals surface area contributed by atoms with Gasteiger partial charge in [0.15, 0.2) is 0 Å². The molecule has 3 heterocycles. The molecule has 1 N–H and O–H groups in total. The molecule has 0 saturated heterocycles. The van der Waals surface area contributed by atoms with Crippen LogP contribution in [0.2, 0.25) is 5.28 Å². The molecule has 26 heavy (non-hydrogen) atoms. The molecule has 0 radical (unpaired) electrons. The number of carbonyl (C=O) groups excluding carboxylic acids is 2. The van der Waals surface area contributed by atoms with Gasteiger partial charge in [-0.15, -0.1) is 0 Å². The SMILES string of the molecule is CCOC(=O)Cn1c(Cl)nc2sc3c(c2c1=O)CCC(C(=O)OCC)N3. The van der Waals surface area contributed by atoms with Gasteiger partial charge in [0.2, 0.25) is 5.28 Å². The predicted molar refractivity (Wildman–Crippen MR) is 97.9 cm³/mol. The number of nitrogens with zero attached hydrogens (tertiary/aromatic N) is 2. The van der Waals surface area contributed by atoms with Gasteiger partial charge in [0.1, 0.15) is 17.4 Å². The zero-order valence-corrected chi connectivity index (χ0v) is 15.9. The molecule has 0 spiro atoms. The summed E-state index contributed by atoms with van der Waals surface area (Å²) in [5.41, 5.74) is 0.402. The Bertz CT molecular complexity index is 923. The fourth-order valence-electron chi connectivity index (χ4n) is 2.88. The Morgan fingerprint density at radius 1 is 1.35 bits per heavy atom. The van der Waals surface area contributed by atoms with E-state index in [0.717, 1.165) is 10.1 Å². The van der Waals surface area contributed by atoms with Crippen molar-refractivity contribution in [1.82, 2.24) is 9.55 Å². The molecule has 8 nitrogen and oxygen atoms in total. The lowest BCUT2D eigenvalue weighted by Crippen LogP contribution is -2.34. The van der Waals surface area contributed by atoms with E-state index in [1.165, 1.54) is 11.3 Å². The first-order chi connectivity index (χ1) is 12.5. The molecule has 0 saturated carbocycles. The molecule has 2 aromatic heterocycles. The normalized spacial score (nSPS) is 16.0. The molecule has 0 amide bonds. The summed E-state index contributed by atoms with van der Waals surface area (Å²) in [7, 11) is 0. The number of thiophene rings is 1. The van der Waals surface area contributed by atoms with Gasteiger partial charge >= 0.3 is 11.9 Å². The third-order valence-electron chi connectivity index (χ3n) is 4.02. The van der Waals surface area contributed by atoms with Crippen LogP contribution in [0, 0.1) is 0 Å². The number of fused-ring (bicyclic) bond motifs is 3. The second-order valence-electron chi connectivity index (χ2n) is 5.65. The highest BCUT2D eigenvalue weighted by Crippen LogP contribution is 2.38. The number of nitrogens with one attached hydrogen (secondary N) is 1. The van der Waals surface area contributed by atoms with E-state index in [1.807, 2.05) is 0 Å². The minimum atomic E-state index is -0.553. The second kappa shape index (κ2) is 7.63. The number of ether oxygens (including phenoxy) is 2. The molecule has 1 atom stereocenters. The average Bonchev–Trinajstić information content (AvgIpc) is 2.96. The van der Waals surface area contributed by atoms with Crippen LogP contribution in [0.25, 0.3) is 10.2 Å². The first-order valence-electron chi connectivity index (χ1n) is 8.26. The summed E-state index contributed by atoms with van der Waals surface area (Å²) in [6.07, 6.45) is 1.04. The van der Waals surface area contributed by atoms with Crippen LogP contribution in [0.15, 0.2) is 4.79 Å². The summed E-state index contributed by atoms with van der Waals surface area (Å²) in [4.78, 5) is 41.3. The number of rotatable bonds is 5. The molecule has 0 fully saturated rings. The van der Waals surface area contributed by atoms with Gasteiger partial charge in [-0.2, -0.15) is 0 Å². The number of hydrogen-bond acceptors (Lipinski definition) is 8. The quantitative estimate of drug-likeness (QED) is 0.606. The Morgan fingerprint density at radius 2 is 2.08 bits per heavy atom. The molecule has 1 unspecified atom stereocenters. The third-order valence-corrected chi connectivity index (χ3v) is 5.36. The van der Waals surface area contributed by atoms with Crippen LogP contribution < -0.4 is 10.9 Å². The van der Waals surface area contributed by atoms with E-state index in [2.05, 4.69) is 10.3 Å². The maximum atomic E-state index is 12.9. The van der Waals surface area contributed by atoms with E-state index in [4.69, 9.17) is 21.1 Å². The van der Waals surface area contributed by atoms with Crippen molar-refractivity contribution >= 4 is 50.1 Å². The lowest BCUT2D eigenvalue weighted by Gasteiger charge is -2.22. The van der Waals surface area contributed by atoms with Crippen molar-refractivity contribution in [3.63, 3.8) is 0 Å². The van der Waals surface area contributed by atoms with Gasteiger partial charge in [0, 0.05) is 5.56 Å². The minimum Gasteiger partial charge on any atom is -0.465 e. The lowest BCUT2D eigenvalue weighted by molar-refractivity contribution is -0.145. The summed E-state index contributed by atoms with van der Waals surface area (Å²) in [5, 5.41) is 4.18.